The molecule has 35 heavy (non-hydrogen) atoms. The Morgan fingerprint density at radius 1 is 1.11 bits per heavy atom. The third kappa shape index (κ3) is 7.85. The predicted octanol–water partition coefficient (Wildman–Crippen LogP) is 6.00. The third-order valence-electron chi connectivity index (χ3n) is 6.15. The summed E-state index contributed by atoms with van der Waals surface area (Å²) in [6.07, 6.45) is 5.28. The van der Waals surface area contributed by atoms with Crippen molar-refractivity contribution in [3.8, 4) is 0 Å². The topological polar surface area (TPSA) is 92.6 Å². The average Bonchev–Trinajstić information content (AvgIpc) is 2.84. The molecule has 0 bridgehead atoms. The largest absolute Gasteiger partial charge is 0.352 e. The SMILES string of the molecule is CC(C(=O)NC1CCCCC1)N(Cc1c(Cl)cccc1Cl)C(=O)CSCc1ccc([N+](=O)[O-])cc1. The zero-order valence-electron chi connectivity index (χ0n) is 19.5. The first-order chi connectivity index (χ1) is 16.8. The molecule has 1 N–H and O–H groups in total. The van der Waals surface area contributed by atoms with Gasteiger partial charge < -0.3 is 10.2 Å². The molecule has 10 heteroatoms. The highest BCUT2D eigenvalue weighted by molar-refractivity contribution is 7.99. The summed E-state index contributed by atoms with van der Waals surface area (Å²) in [7, 11) is 0. The number of non-ortho nitro benzene ring substituents is 1. The maximum atomic E-state index is 13.3. The zero-order chi connectivity index (χ0) is 25.4. The van der Waals surface area contributed by atoms with Crippen LogP contribution in [0.5, 0.6) is 0 Å². The van der Waals surface area contributed by atoms with E-state index in [1.807, 2.05) is 0 Å². The van der Waals surface area contributed by atoms with Crippen molar-refractivity contribution in [1.82, 2.24) is 10.2 Å². The number of carbonyl (C=O) groups is 2. The molecular weight excluding hydrogens is 509 g/mol. The van der Waals surface area contributed by atoms with Crippen molar-refractivity contribution in [2.24, 2.45) is 0 Å². The number of hydrogen-bond donors (Lipinski definition) is 1. The number of nitro groups is 1. The molecule has 1 aliphatic carbocycles. The minimum Gasteiger partial charge on any atom is -0.352 e. The number of nitro benzene ring substituents is 1. The number of amides is 2. The van der Waals surface area contributed by atoms with Crippen LogP contribution in [0.4, 0.5) is 5.69 Å². The second-order valence-electron chi connectivity index (χ2n) is 8.66. The van der Waals surface area contributed by atoms with Crippen LogP contribution >= 0.6 is 35.0 Å². The Kier molecular flexibility index (Phi) is 10.2. The molecular formula is C25H29Cl2N3O4S. The normalized spacial score (nSPS) is 14.8. The molecule has 7 nitrogen and oxygen atoms in total. The molecule has 0 spiro atoms. The van der Waals surface area contributed by atoms with Gasteiger partial charge in [-0.05, 0) is 37.5 Å². The summed E-state index contributed by atoms with van der Waals surface area (Å²) in [6, 6.07) is 10.8. The lowest BCUT2D eigenvalue weighted by Crippen LogP contribution is -2.50. The average molecular weight is 538 g/mol. The van der Waals surface area contributed by atoms with Gasteiger partial charge in [0.1, 0.15) is 6.04 Å². The fraction of sp³-hybridized carbons (Fsp3) is 0.440. The number of carbonyl (C=O) groups excluding carboxylic acids is 2. The summed E-state index contributed by atoms with van der Waals surface area (Å²) in [5.74, 6) is 0.251. The monoisotopic (exact) mass is 537 g/mol. The van der Waals surface area contributed by atoms with E-state index in [-0.39, 0.29) is 35.8 Å². The lowest BCUT2D eigenvalue weighted by atomic mass is 9.95. The van der Waals surface area contributed by atoms with Crippen LogP contribution in [-0.4, -0.2) is 39.5 Å². The number of benzene rings is 2. The van der Waals surface area contributed by atoms with E-state index in [9.17, 15) is 19.7 Å². The van der Waals surface area contributed by atoms with Gasteiger partial charge in [0.25, 0.3) is 5.69 Å². The first kappa shape index (κ1) is 27.3. The summed E-state index contributed by atoms with van der Waals surface area (Å²) in [5.41, 5.74) is 1.49. The molecule has 1 unspecified atom stereocenters. The van der Waals surface area contributed by atoms with Gasteiger partial charge in [0, 0.05) is 46.1 Å². The molecule has 0 radical (unpaired) electrons. The lowest BCUT2D eigenvalue weighted by molar-refractivity contribution is -0.384. The highest BCUT2D eigenvalue weighted by atomic mass is 35.5. The molecule has 1 aliphatic rings. The predicted molar refractivity (Wildman–Crippen MR) is 141 cm³/mol. The second kappa shape index (κ2) is 13.1. The number of rotatable bonds is 10. The maximum Gasteiger partial charge on any atom is 0.269 e. The fourth-order valence-corrected chi connectivity index (χ4v) is 5.45. The number of halogens is 2. The van der Waals surface area contributed by atoms with E-state index >= 15 is 0 Å². The van der Waals surface area contributed by atoms with Gasteiger partial charge in [-0.1, -0.05) is 60.7 Å². The molecule has 0 aromatic heterocycles. The minimum atomic E-state index is -0.697. The molecule has 2 amide bonds. The first-order valence-electron chi connectivity index (χ1n) is 11.6. The minimum absolute atomic E-state index is 0.0235. The zero-order valence-corrected chi connectivity index (χ0v) is 21.9. The molecule has 188 valence electrons. The second-order valence-corrected chi connectivity index (χ2v) is 10.5. The van der Waals surface area contributed by atoms with Crippen LogP contribution in [0.1, 0.15) is 50.2 Å². The molecule has 2 aromatic carbocycles. The van der Waals surface area contributed by atoms with Gasteiger partial charge in [-0.15, -0.1) is 11.8 Å². The van der Waals surface area contributed by atoms with Crippen LogP contribution in [0.3, 0.4) is 0 Å². The van der Waals surface area contributed by atoms with E-state index in [0.717, 1.165) is 31.2 Å². The Morgan fingerprint density at radius 3 is 2.34 bits per heavy atom. The standard InChI is InChI=1S/C25H29Cl2N3O4S/c1-17(25(32)28-19-6-3-2-4-7-19)29(14-21-22(26)8-5-9-23(21)27)24(31)16-35-15-18-10-12-20(13-11-18)30(33)34/h5,8-13,17,19H,2-4,6-7,14-16H2,1H3,(H,28,32). The van der Waals surface area contributed by atoms with Crippen LogP contribution < -0.4 is 5.32 Å². The van der Waals surface area contributed by atoms with Crippen molar-refractivity contribution < 1.29 is 14.5 Å². The Balaban J connectivity index is 1.68. The van der Waals surface area contributed by atoms with E-state index in [1.54, 1.807) is 37.3 Å². The van der Waals surface area contributed by atoms with Crippen molar-refractivity contribution in [1.29, 1.82) is 0 Å². The molecule has 1 saturated carbocycles. The highest BCUT2D eigenvalue weighted by Crippen LogP contribution is 2.27. The molecule has 0 saturated heterocycles. The fourth-order valence-electron chi connectivity index (χ4n) is 4.06. The van der Waals surface area contributed by atoms with Crippen LogP contribution in [0.25, 0.3) is 0 Å². The number of nitrogens with one attached hydrogen (secondary N) is 1. The summed E-state index contributed by atoms with van der Waals surface area (Å²) in [6.45, 7) is 1.84. The Bertz CT molecular complexity index is 1030. The van der Waals surface area contributed by atoms with E-state index in [4.69, 9.17) is 23.2 Å². The molecule has 0 aliphatic heterocycles. The van der Waals surface area contributed by atoms with E-state index in [2.05, 4.69) is 5.32 Å². The summed E-state index contributed by atoms with van der Waals surface area (Å²) in [4.78, 5) is 38.3. The van der Waals surface area contributed by atoms with Gasteiger partial charge in [0.15, 0.2) is 0 Å². The van der Waals surface area contributed by atoms with Gasteiger partial charge >= 0.3 is 0 Å². The summed E-state index contributed by atoms with van der Waals surface area (Å²) < 4.78 is 0. The molecule has 0 heterocycles. The Morgan fingerprint density at radius 2 is 1.74 bits per heavy atom. The van der Waals surface area contributed by atoms with Crippen molar-refractivity contribution in [3.05, 3.63) is 73.8 Å². The van der Waals surface area contributed by atoms with Crippen molar-refractivity contribution >= 4 is 52.5 Å². The van der Waals surface area contributed by atoms with Gasteiger partial charge in [0.2, 0.25) is 11.8 Å². The lowest BCUT2D eigenvalue weighted by Gasteiger charge is -2.31. The smallest absolute Gasteiger partial charge is 0.269 e. The molecule has 1 fully saturated rings. The summed E-state index contributed by atoms with van der Waals surface area (Å²) in [5, 5.41) is 14.8. The van der Waals surface area contributed by atoms with Crippen LogP contribution in [0, 0.1) is 10.1 Å². The van der Waals surface area contributed by atoms with Gasteiger partial charge in [-0.25, -0.2) is 0 Å². The highest BCUT2D eigenvalue weighted by Gasteiger charge is 2.29. The number of nitrogens with zero attached hydrogens (tertiary/aromatic N) is 2. The van der Waals surface area contributed by atoms with Crippen LogP contribution in [0.15, 0.2) is 42.5 Å². The van der Waals surface area contributed by atoms with Crippen molar-refractivity contribution in [2.45, 2.75) is 63.4 Å². The van der Waals surface area contributed by atoms with Gasteiger partial charge in [0.05, 0.1) is 10.7 Å². The Hall–Kier alpha value is -2.29. The molecule has 2 aromatic rings. The quantitative estimate of drug-likeness (QED) is 0.296. The van der Waals surface area contributed by atoms with Gasteiger partial charge in [-0.2, -0.15) is 0 Å². The van der Waals surface area contributed by atoms with E-state index in [0.29, 0.717) is 21.4 Å². The van der Waals surface area contributed by atoms with Crippen LogP contribution in [0.2, 0.25) is 10.0 Å². The van der Waals surface area contributed by atoms with E-state index < -0.39 is 11.0 Å². The number of thioether (sulfide) groups is 1. The Labute approximate surface area is 219 Å². The van der Waals surface area contributed by atoms with Crippen molar-refractivity contribution in [3.63, 3.8) is 0 Å². The van der Waals surface area contributed by atoms with E-state index in [1.165, 1.54) is 35.2 Å². The van der Waals surface area contributed by atoms with Gasteiger partial charge in [-0.3, -0.25) is 19.7 Å². The summed E-state index contributed by atoms with van der Waals surface area (Å²) >= 11 is 14.1. The van der Waals surface area contributed by atoms with Crippen molar-refractivity contribution in [2.75, 3.05) is 5.75 Å². The molecule has 1 atom stereocenters. The first-order valence-corrected chi connectivity index (χ1v) is 13.5. The maximum absolute atomic E-state index is 13.3. The van der Waals surface area contributed by atoms with Crippen LogP contribution in [-0.2, 0) is 21.9 Å². The third-order valence-corrected chi connectivity index (χ3v) is 7.85. The molecule has 3 rings (SSSR count). The number of hydrogen-bond acceptors (Lipinski definition) is 5.